The second kappa shape index (κ2) is 4.96. The van der Waals surface area contributed by atoms with E-state index in [1.807, 2.05) is 24.3 Å². The summed E-state index contributed by atoms with van der Waals surface area (Å²) in [5.41, 5.74) is 7.31. The third-order valence-corrected chi connectivity index (χ3v) is 3.97. The maximum atomic E-state index is 12.0. The number of aromatic nitrogens is 3. The number of amides is 1. The van der Waals surface area contributed by atoms with E-state index in [4.69, 9.17) is 5.73 Å². The lowest BCUT2D eigenvalue weighted by molar-refractivity contribution is -0.118. The molecule has 1 amide bonds. The van der Waals surface area contributed by atoms with Crippen LogP contribution in [-0.2, 0) is 11.3 Å². The Kier molecular flexibility index (Phi) is 3.25. The molecular formula is C15H19N5O. The molecule has 0 saturated heterocycles. The summed E-state index contributed by atoms with van der Waals surface area (Å²) in [5, 5.41) is 9.83. The maximum absolute atomic E-state index is 12.0. The zero-order valence-corrected chi connectivity index (χ0v) is 12.2. The second-order valence-corrected chi connectivity index (χ2v) is 6.12. The minimum Gasteiger partial charge on any atom is -0.326 e. The Morgan fingerprint density at radius 1 is 1.43 bits per heavy atom. The molecule has 1 unspecified atom stereocenters. The highest BCUT2D eigenvalue weighted by molar-refractivity contribution is 5.95. The Bertz CT molecular complexity index is 659. The number of nitrogens with zero attached hydrogens (tertiary/aromatic N) is 2. The molecule has 21 heavy (non-hydrogen) atoms. The Labute approximate surface area is 123 Å². The van der Waals surface area contributed by atoms with E-state index in [1.54, 1.807) is 0 Å². The van der Waals surface area contributed by atoms with Crippen LogP contribution in [0.4, 0.5) is 5.69 Å². The van der Waals surface area contributed by atoms with Gasteiger partial charge in [0, 0.05) is 17.2 Å². The summed E-state index contributed by atoms with van der Waals surface area (Å²) in [6.07, 6.45) is 0.954. The summed E-state index contributed by atoms with van der Waals surface area (Å²) in [6, 6.07) is 7.50. The first kappa shape index (κ1) is 13.8. The van der Waals surface area contributed by atoms with Crippen LogP contribution in [0.2, 0.25) is 0 Å². The van der Waals surface area contributed by atoms with Crippen molar-refractivity contribution in [3.05, 3.63) is 30.1 Å². The average Bonchev–Trinajstić information content (AvgIpc) is 2.89. The van der Waals surface area contributed by atoms with Gasteiger partial charge in [-0.3, -0.25) is 9.89 Å². The average molecular weight is 285 g/mol. The lowest BCUT2D eigenvalue weighted by Crippen LogP contribution is -2.16. The number of anilines is 1. The van der Waals surface area contributed by atoms with Crippen molar-refractivity contribution in [2.24, 2.45) is 17.1 Å². The van der Waals surface area contributed by atoms with Gasteiger partial charge in [0.2, 0.25) is 5.91 Å². The SMILES string of the molecule is CC1(C)CC1C(=O)Nc1ccc(-c2n[nH]c(CN)n2)cc1. The van der Waals surface area contributed by atoms with Crippen LogP contribution in [0.25, 0.3) is 11.4 Å². The van der Waals surface area contributed by atoms with E-state index >= 15 is 0 Å². The summed E-state index contributed by atoms with van der Waals surface area (Å²) < 4.78 is 0. The largest absolute Gasteiger partial charge is 0.326 e. The quantitative estimate of drug-likeness (QED) is 0.799. The number of hydrogen-bond donors (Lipinski definition) is 3. The smallest absolute Gasteiger partial charge is 0.228 e. The number of benzene rings is 1. The summed E-state index contributed by atoms with van der Waals surface area (Å²) in [5.74, 6) is 1.48. The maximum Gasteiger partial charge on any atom is 0.228 e. The normalized spacial score (nSPS) is 19.3. The predicted molar refractivity (Wildman–Crippen MR) is 80.2 cm³/mol. The van der Waals surface area contributed by atoms with E-state index in [9.17, 15) is 4.79 Å². The molecule has 3 rings (SSSR count). The molecular weight excluding hydrogens is 266 g/mol. The van der Waals surface area contributed by atoms with Crippen molar-refractivity contribution >= 4 is 11.6 Å². The van der Waals surface area contributed by atoms with E-state index in [2.05, 4.69) is 34.3 Å². The van der Waals surface area contributed by atoms with Crippen molar-refractivity contribution in [2.45, 2.75) is 26.8 Å². The zero-order valence-electron chi connectivity index (χ0n) is 12.2. The summed E-state index contributed by atoms with van der Waals surface area (Å²) in [4.78, 5) is 16.3. The van der Waals surface area contributed by atoms with Crippen LogP contribution >= 0.6 is 0 Å². The molecule has 1 aromatic carbocycles. The first-order valence-corrected chi connectivity index (χ1v) is 7.02. The molecule has 1 fully saturated rings. The van der Waals surface area contributed by atoms with Crippen molar-refractivity contribution < 1.29 is 4.79 Å². The van der Waals surface area contributed by atoms with Gasteiger partial charge in [0.1, 0.15) is 5.82 Å². The molecule has 0 bridgehead atoms. The molecule has 0 radical (unpaired) electrons. The molecule has 6 heteroatoms. The van der Waals surface area contributed by atoms with Gasteiger partial charge in [-0.25, -0.2) is 4.98 Å². The van der Waals surface area contributed by atoms with E-state index in [0.29, 0.717) is 18.2 Å². The Morgan fingerprint density at radius 2 is 2.10 bits per heavy atom. The minimum atomic E-state index is 0.0936. The van der Waals surface area contributed by atoms with Crippen molar-refractivity contribution in [1.29, 1.82) is 0 Å². The lowest BCUT2D eigenvalue weighted by Gasteiger charge is -2.06. The van der Waals surface area contributed by atoms with Gasteiger partial charge >= 0.3 is 0 Å². The van der Waals surface area contributed by atoms with Crippen LogP contribution in [0, 0.1) is 11.3 Å². The van der Waals surface area contributed by atoms with E-state index < -0.39 is 0 Å². The van der Waals surface area contributed by atoms with Crippen LogP contribution < -0.4 is 11.1 Å². The number of nitrogens with two attached hydrogens (primary N) is 1. The highest BCUT2D eigenvalue weighted by atomic mass is 16.2. The number of carbonyl (C=O) groups excluding carboxylic acids is 1. The molecule has 4 N–H and O–H groups in total. The molecule has 1 aliphatic rings. The van der Waals surface area contributed by atoms with Crippen LogP contribution in [0.5, 0.6) is 0 Å². The third kappa shape index (κ3) is 2.80. The Morgan fingerprint density at radius 3 is 2.62 bits per heavy atom. The van der Waals surface area contributed by atoms with Crippen LogP contribution in [0.1, 0.15) is 26.1 Å². The number of aromatic amines is 1. The van der Waals surface area contributed by atoms with E-state index in [1.165, 1.54) is 0 Å². The van der Waals surface area contributed by atoms with Crippen LogP contribution in [-0.4, -0.2) is 21.1 Å². The molecule has 1 atom stereocenters. The zero-order chi connectivity index (χ0) is 15.0. The molecule has 1 aliphatic carbocycles. The fourth-order valence-electron chi connectivity index (χ4n) is 2.36. The third-order valence-electron chi connectivity index (χ3n) is 3.97. The predicted octanol–water partition coefficient (Wildman–Crippen LogP) is 1.91. The van der Waals surface area contributed by atoms with Gasteiger partial charge in [-0.1, -0.05) is 13.8 Å². The van der Waals surface area contributed by atoms with Crippen molar-refractivity contribution in [2.75, 3.05) is 5.32 Å². The molecule has 6 nitrogen and oxygen atoms in total. The number of H-pyrrole nitrogens is 1. The number of carbonyl (C=O) groups is 1. The Balaban J connectivity index is 1.68. The first-order chi connectivity index (χ1) is 9.99. The molecule has 110 valence electrons. The molecule has 1 saturated carbocycles. The molecule has 1 aromatic heterocycles. The molecule has 0 aliphatic heterocycles. The molecule has 0 spiro atoms. The summed E-state index contributed by atoms with van der Waals surface area (Å²) in [7, 11) is 0. The van der Waals surface area contributed by atoms with Crippen molar-refractivity contribution in [3.63, 3.8) is 0 Å². The second-order valence-electron chi connectivity index (χ2n) is 6.12. The number of hydrogen-bond acceptors (Lipinski definition) is 4. The fourth-order valence-corrected chi connectivity index (χ4v) is 2.36. The minimum absolute atomic E-state index is 0.0936. The van der Waals surface area contributed by atoms with Gasteiger partial charge in [-0.2, -0.15) is 5.10 Å². The highest BCUT2D eigenvalue weighted by Gasteiger charge is 2.50. The monoisotopic (exact) mass is 285 g/mol. The highest BCUT2D eigenvalue weighted by Crippen LogP contribution is 2.51. The first-order valence-electron chi connectivity index (χ1n) is 7.02. The van der Waals surface area contributed by atoms with Gasteiger partial charge in [-0.05, 0) is 36.1 Å². The van der Waals surface area contributed by atoms with Gasteiger partial charge in [0.15, 0.2) is 5.82 Å². The van der Waals surface area contributed by atoms with E-state index in [-0.39, 0.29) is 17.2 Å². The lowest BCUT2D eigenvalue weighted by atomic mass is 10.1. The van der Waals surface area contributed by atoms with Gasteiger partial charge in [0.05, 0.1) is 6.54 Å². The standard InChI is InChI=1S/C15H19N5O/c1-15(2)7-11(15)14(21)17-10-5-3-9(4-6-10)13-18-12(8-16)19-20-13/h3-6,11H,7-8,16H2,1-2H3,(H,17,21)(H,18,19,20). The van der Waals surface area contributed by atoms with Crippen molar-refractivity contribution in [3.8, 4) is 11.4 Å². The van der Waals surface area contributed by atoms with Gasteiger partial charge < -0.3 is 11.1 Å². The van der Waals surface area contributed by atoms with Crippen LogP contribution in [0.3, 0.4) is 0 Å². The number of nitrogens with one attached hydrogen (secondary N) is 2. The Hall–Kier alpha value is -2.21. The van der Waals surface area contributed by atoms with Gasteiger partial charge in [0.25, 0.3) is 0 Å². The van der Waals surface area contributed by atoms with Gasteiger partial charge in [-0.15, -0.1) is 0 Å². The summed E-state index contributed by atoms with van der Waals surface area (Å²) in [6.45, 7) is 4.55. The molecule has 1 heterocycles. The van der Waals surface area contributed by atoms with Crippen LogP contribution in [0.15, 0.2) is 24.3 Å². The topological polar surface area (TPSA) is 96.7 Å². The van der Waals surface area contributed by atoms with E-state index in [0.717, 1.165) is 17.7 Å². The summed E-state index contributed by atoms with van der Waals surface area (Å²) >= 11 is 0. The number of rotatable bonds is 4. The fraction of sp³-hybridized carbons (Fsp3) is 0.400. The molecule has 2 aromatic rings. The van der Waals surface area contributed by atoms with Crippen molar-refractivity contribution in [1.82, 2.24) is 15.2 Å².